The van der Waals surface area contributed by atoms with E-state index in [1.54, 1.807) is 13.0 Å². The number of rotatable bonds is 8. The van der Waals surface area contributed by atoms with Gasteiger partial charge in [0.05, 0.1) is 35.1 Å². The number of halogens is 3. The minimum atomic E-state index is -4.50. The lowest BCUT2D eigenvalue weighted by atomic mass is 10.1. The van der Waals surface area contributed by atoms with Crippen molar-refractivity contribution in [3.05, 3.63) is 41.3 Å². The second kappa shape index (κ2) is 8.98. The first-order chi connectivity index (χ1) is 12.3. The summed E-state index contributed by atoms with van der Waals surface area (Å²) >= 11 is 1.27. The van der Waals surface area contributed by atoms with Crippen molar-refractivity contribution in [2.45, 2.75) is 32.2 Å². The lowest BCUT2D eigenvalue weighted by Crippen LogP contribution is -2.16. The second-order valence-corrected chi connectivity index (χ2v) is 6.52. The van der Waals surface area contributed by atoms with Gasteiger partial charge in [-0.1, -0.05) is 12.1 Å². The Labute approximate surface area is 153 Å². The van der Waals surface area contributed by atoms with Crippen LogP contribution in [-0.4, -0.2) is 23.4 Å². The van der Waals surface area contributed by atoms with Crippen LogP contribution in [0.25, 0.3) is 0 Å². The summed E-state index contributed by atoms with van der Waals surface area (Å²) < 4.78 is 49.2. The Kier molecular flexibility index (Phi) is 6.96. The van der Waals surface area contributed by atoms with Gasteiger partial charge in [0.25, 0.3) is 0 Å². The van der Waals surface area contributed by atoms with Crippen molar-refractivity contribution in [3.63, 3.8) is 0 Å². The zero-order valence-electron chi connectivity index (χ0n) is 14.4. The van der Waals surface area contributed by atoms with Crippen LogP contribution in [0.15, 0.2) is 28.8 Å². The number of benzene rings is 1. The molecule has 2 aromatic rings. The van der Waals surface area contributed by atoms with E-state index >= 15 is 0 Å². The molecule has 0 fully saturated rings. The maximum Gasteiger partial charge on any atom is 0.416 e. The number of carbonyl (C=O) groups excluding carboxylic acids is 1. The average Bonchev–Trinajstić information content (AvgIpc) is 2.98. The minimum absolute atomic E-state index is 0.00869. The molecule has 0 unspecified atom stereocenters. The smallest absolute Gasteiger partial charge is 0.416 e. The molecule has 0 radical (unpaired) electrons. The first-order valence-electron chi connectivity index (χ1n) is 7.93. The van der Waals surface area contributed by atoms with Gasteiger partial charge in [-0.25, -0.2) is 0 Å². The number of hydrogen-bond acceptors (Lipinski definition) is 5. The van der Waals surface area contributed by atoms with Gasteiger partial charge in [-0.05, 0) is 31.5 Å². The van der Waals surface area contributed by atoms with Crippen LogP contribution < -0.4 is 10.1 Å². The van der Waals surface area contributed by atoms with Gasteiger partial charge in [0.2, 0.25) is 5.91 Å². The Morgan fingerprint density at radius 3 is 2.73 bits per heavy atom. The zero-order chi connectivity index (χ0) is 19.2. The number of aromatic nitrogens is 1. The Morgan fingerprint density at radius 1 is 1.35 bits per heavy atom. The fourth-order valence-corrected chi connectivity index (χ4v) is 2.75. The SMILES string of the molecule is CCCOc1ccc(C(F)(F)F)cc1NC(=O)CSCc1cc(C)no1. The highest BCUT2D eigenvalue weighted by Gasteiger charge is 2.31. The van der Waals surface area contributed by atoms with E-state index in [0.717, 1.165) is 17.8 Å². The molecule has 0 aliphatic rings. The Morgan fingerprint density at radius 2 is 2.12 bits per heavy atom. The van der Waals surface area contributed by atoms with Crippen molar-refractivity contribution >= 4 is 23.4 Å². The molecule has 0 aliphatic carbocycles. The largest absolute Gasteiger partial charge is 0.491 e. The first-order valence-corrected chi connectivity index (χ1v) is 9.09. The topological polar surface area (TPSA) is 64.4 Å². The van der Waals surface area contributed by atoms with Crippen LogP contribution in [0.4, 0.5) is 18.9 Å². The Balaban J connectivity index is 2.01. The standard InChI is InChI=1S/C17H19F3N2O3S/c1-3-6-24-15-5-4-12(17(18,19)20)8-14(15)21-16(23)10-26-9-13-7-11(2)22-25-13/h4-5,7-8H,3,6,9-10H2,1-2H3,(H,21,23). The molecule has 142 valence electrons. The number of ether oxygens (including phenoxy) is 1. The van der Waals surface area contributed by atoms with E-state index in [4.69, 9.17) is 9.26 Å². The number of nitrogens with zero attached hydrogens (tertiary/aromatic N) is 1. The molecule has 0 saturated carbocycles. The first kappa shape index (κ1) is 20.2. The minimum Gasteiger partial charge on any atom is -0.491 e. The van der Waals surface area contributed by atoms with Crippen molar-refractivity contribution in [1.82, 2.24) is 5.16 Å². The van der Waals surface area contributed by atoms with Crippen molar-refractivity contribution < 1.29 is 27.2 Å². The van der Waals surface area contributed by atoms with Gasteiger partial charge >= 0.3 is 6.18 Å². The van der Waals surface area contributed by atoms with Crippen molar-refractivity contribution in [2.24, 2.45) is 0 Å². The quantitative estimate of drug-likeness (QED) is 0.712. The maximum atomic E-state index is 12.9. The maximum absolute atomic E-state index is 12.9. The van der Waals surface area contributed by atoms with Gasteiger partial charge in [0.1, 0.15) is 11.5 Å². The molecular weight excluding hydrogens is 369 g/mol. The van der Waals surface area contributed by atoms with Crippen LogP contribution in [0.1, 0.15) is 30.4 Å². The average molecular weight is 388 g/mol. The summed E-state index contributed by atoms with van der Waals surface area (Å²) in [6, 6.07) is 4.79. The summed E-state index contributed by atoms with van der Waals surface area (Å²) in [6.07, 6.45) is -3.80. The molecule has 1 aromatic carbocycles. The highest BCUT2D eigenvalue weighted by atomic mass is 32.2. The monoisotopic (exact) mass is 388 g/mol. The molecule has 0 atom stereocenters. The predicted octanol–water partition coefficient (Wildman–Crippen LogP) is 4.66. The van der Waals surface area contributed by atoms with Gasteiger partial charge in [-0.15, -0.1) is 11.8 Å². The molecular formula is C17H19F3N2O3S. The van der Waals surface area contributed by atoms with Crippen LogP contribution in [0.2, 0.25) is 0 Å². The number of thioether (sulfide) groups is 1. The van der Waals surface area contributed by atoms with E-state index in [1.165, 1.54) is 17.8 Å². The second-order valence-electron chi connectivity index (χ2n) is 5.53. The molecule has 0 saturated heterocycles. The van der Waals surface area contributed by atoms with Crippen LogP contribution in [0.3, 0.4) is 0 Å². The van der Waals surface area contributed by atoms with E-state index in [0.29, 0.717) is 24.5 Å². The van der Waals surface area contributed by atoms with Gasteiger partial charge in [-0.2, -0.15) is 13.2 Å². The van der Waals surface area contributed by atoms with Crippen LogP contribution in [-0.2, 0) is 16.7 Å². The molecule has 26 heavy (non-hydrogen) atoms. The fourth-order valence-electron chi connectivity index (χ4n) is 2.06. The molecule has 0 bridgehead atoms. The highest BCUT2D eigenvalue weighted by Crippen LogP contribution is 2.35. The third-order valence-corrected chi connectivity index (χ3v) is 4.15. The number of aryl methyl sites for hydroxylation is 1. The van der Waals surface area contributed by atoms with Gasteiger partial charge in [0.15, 0.2) is 0 Å². The molecule has 1 aromatic heterocycles. The van der Waals surface area contributed by atoms with E-state index < -0.39 is 17.6 Å². The van der Waals surface area contributed by atoms with E-state index in [2.05, 4.69) is 10.5 Å². The molecule has 1 N–H and O–H groups in total. The number of hydrogen-bond donors (Lipinski definition) is 1. The summed E-state index contributed by atoms with van der Waals surface area (Å²) in [5.41, 5.74) is -0.0949. The lowest BCUT2D eigenvalue weighted by molar-refractivity contribution is -0.137. The summed E-state index contributed by atoms with van der Waals surface area (Å²) in [6.45, 7) is 4.01. The van der Waals surface area contributed by atoms with Crippen molar-refractivity contribution in [3.8, 4) is 5.75 Å². The number of carbonyl (C=O) groups is 1. The van der Waals surface area contributed by atoms with Crippen molar-refractivity contribution in [1.29, 1.82) is 0 Å². The summed E-state index contributed by atoms with van der Waals surface area (Å²) in [4.78, 5) is 12.1. The zero-order valence-corrected chi connectivity index (χ0v) is 15.2. The molecule has 1 heterocycles. The molecule has 0 aliphatic heterocycles. The molecule has 5 nitrogen and oxygen atoms in total. The summed E-state index contributed by atoms with van der Waals surface area (Å²) in [5.74, 6) is 0.918. The normalized spacial score (nSPS) is 11.4. The Hall–Kier alpha value is -2.16. The van der Waals surface area contributed by atoms with Gasteiger partial charge in [0, 0.05) is 6.07 Å². The van der Waals surface area contributed by atoms with E-state index in [-0.39, 0.29) is 17.2 Å². The lowest BCUT2D eigenvalue weighted by Gasteiger charge is -2.15. The third kappa shape index (κ3) is 5.98. The third-order valence-electron chi connectivity index (χ3n) is 3.20. The fraction of sp³-hybridized carbons (Fsp3) is 0.412. The summed E-state index contributed by atoms with van der Waals surface area (Å²) in [5, 5.41) is 6.24. The van der Waals surface area contributed by atoms with Crippen molar-refractivity contribution in [2.75, 3.05) is 17.7 Å². The van der Waals surface area contributed by atoms with E-state index in [9.17, 15) is 18.0 Å². The highest BCUT2D eigenvalue weighted by molar-refractivity contribution is 7.99. The molecule has 9 heteroatoms. The number of nitrogens with one attached hydrogen (secondary N) is 1. The van der Waals surface area contributed by atoms with E-state index in [1.807, 2.05) is 6.92 Å². The number of alkyl halides is 3. The predicted molar refractivity (Wildman–Crippen MR) is 93.3 cm³/mol. The molecule has 0 spiro atoms. The van der Waals surface area contributed by atoms with Gasteiger partial charge in [-0.3, -0.25) is 4.79 Å². The van der Waals surface area contributed by atoms with Crippen LogP contribution in [0.5, 0.6) is 5.75 Å². The molecule has 2 rings (SSSR count). The summed E-state index contributed by atoms with van der Waals surface area (Å²) in [7, 11) is 0. The van der Waals surface area contributed by atoms with Crippen LogP contribution in [0, 0.1) is 6.92 Å². The van der Waals surface area contributed by atoms with Gasteiger partial charge < -0.3 is 14.6 Å². The van der Waals surface area contributed by atoms with Crippen LogP contribution >= 0.6 is 11.8 Å². The Bertz CT molecular complexity index is 747. The molecule has 1 amide bonds. The number of amides is 1. The number of anilines is 1.